The Bertz CT molecular complexity index is 1500. The molecule has 1 aliphatic heterocycles. The average Bonchev–Trinajstić information content (AvgIpc) is 3.40. The number of aromatic amines is 1. The van der Waals surface area contributed by atoms with Crippen LogP contribution < -0.4 is 4.74 Å². The monoisotopic (exact) mass is 484 g/mol. The van der Waals surface area contributed by atoms with E-state index in [-0.39, 0.29) is 23.4 Å². The van der Waals surface area contributed by atoms with Gasteiger partial charge in [0.25, 0.3) is 11.7 Å². The SMILES string of the molecule is COc1ccc2[nH]cc(CCN3C(=O)C(=O)/C(=C(\O)c4ccc(C)cc4)C3c3ccccc3F)c2c1. The van der Waals surface area contributed by atoms with Crippen LogP contribution in [0.1, 0.15) is 28.3 Å². The minimum Gasteiger partial charge on any atom is -0.507 e. The molecule has 5 rings (SSSR count). The molecule has 7 heteroatoms. The van der Waals surface area contributed by atoms with E-state index >= 15 is 0 Å². The van der Waals surface area contributed by atoms with Crippen molar-refractivity contribution in [2.75, 3.05) is 13.7 Å². The maximum absolute atomic E-state index is 15.0. The zero-order valence-electron chi connectivity index (χ0n) is 19.9. The molecule has 2 heterocycles. The van der Waals surface area contributed by atoms with E-state index in [9.17, 15) is 19.1 Å². The van der Waals surface area contributed by atoms with Crippen LogP contribution in [-0.2, 0) is 16.0 Å². The number of Topliss-reactive ketones (excluding diaryl/α,β-unsaturated/α-hetero) is 1. The van der Waals surface area contributed by atoms with E-state index in [1.807, 2.05) is 31.3 Å². The van der Waals surface area contributed by atoms with Gasteiger partial charge in [-0.25, -0.2) is 4.39 Å². The van der Waals surface area contributed by atoms with Crippen molar-refractivity contribution in [3.05, 3.63) is 107 Å². The second-order valence-electron chi connectivity index (χ2n) is 8.86. The molecule has 3 aromatic carbocycles. The minimum atomic E-state index is -1.05. The second kappa shape index (κ2) is 9.34. The predicted octanol–water partition coefficient (Wildman–Crippen LogP) is 5.29. The third kappa shape index (κ3) is 4.02. The third-order valence-electron chi connectivity index (χ3n) is 6.66. The van der Waals surface area contributed by atoms with Crippen LogP contribution >= 0.6 is 0 Å². The number of hydrogen-bond donors (Lipinski definition) is 2. The standard InChI is InChI=1S/C29H25FN2O4/c1-17-7-9-18(10-8-17)27(33)25-26(21-5-3-4-6-23(21)30)32(29(35)28(25)34)14-13-19-16-31-24-12-11-20(36-2)15-22(19)24/h3-12,15-16,26,31,33H,13-14H2,1-2H3/b27-25-. The number of benzene rings is 3. The maximum atomic E-state index is 15.0. The largest absolute Gasteiger partial charge is 0.507 e. The first-order valence-electron chi connectivity index (χ1n) is 11.6. The second-order valence-corrected chi connectivity index (χ2v) is 8.86. The topological polar surface area (TPSA) is 82.6 Å². The van der Waals surface area contributed by atoms with Crippen molar-refractivity contribution in [1.82, 2.24) is 9.88 Å². The summed E-state index contributed by atoms with van der Waals surface area (Å²) in [5, 5.41) is 12.1. The molecule has 1 saturated heterocycles. The van der Waals surface area contributed by atoms with Gasteiger partial charge in [-0.15, -0.1) is 0 Å². The Morgan fingerprint density at radius 3 is 2.56 bits per heavy atom. The fourth-order valence-corrected chi connectivity index (χ4v) is 4.73. The van der Waals surface area contributed by atoms with Gasteiger partial charge in [-0.3, -0.25) is 9.59 Å². The fourth-order valence-electron chi connectivity index (χ4n) is 4.73. The first-order chi connectivity index (χ1) is 17.4. The number of carbonyl (C=O) groups excluding carboxylic acids is 2. The Kier molecular flexibility index (Phi) is 6.06. The van der Waals surface area contributed by atoms with E-state index < -0.39 is 23.5 Å². The van der Waals surface area contributed by atoms with Gasteiger partial charge in [0.15, 0.2) is 0 Å². The number of nitrogens with one attached hydrogen (secondary N) is 1. The summed E-state index contributed by atoms with van der Waals surface area (Å²) < 4.78 is 20.3. The van der Waals surface area contributed by atoms with E-state index in [2.05, 4.69) is 4.98 Å². The molecule has 1 aliphatic rings. The molecular weight excluding hydrogens is 459 g/mol. The number of nitrogens with zero attached hydrogens (tertiary/aromatic N) is 1. The number of likely N-dealkylation sites (tertiary alicyclic amines) is 1. The Hall–Kier alpha value is -4.39. The maximum Gasteiger partial charge on any atom is 0.295 e. The average molecular weight is 485 g/mol. The Morgan fingerprint density at radius 2 is 1.83 bits per heavy atom. The number of H-pyrrole nitrogens is 1. The number of rotatable bonds is 6. The molecule has 182 valence electrons. The molecule has 1 fully saturated rings. The third-order valence-corrected chi connectivity index (χ3v) is 6.66. The van der Waals surface area contributed by atoms with Crippen molar-refractivity contribution < 1.29 is 23.8 Å². The number of aromatic nitrogens is 1. The molecule has 6 nitrogen and oxygen atoms in total. The van der Waals surface area contributed by atoms with Gasteiger partial charge in [-0.2, -0.15) is 0 Å². The zero-order chi connectivity index (χ0) is 25.4. The summed E-state index contributed by atoms with van der Waals surface area (Å²) >= 11 is 0. The van der Waals surface area contributed by atoms with E-state index in [1.54, 1.807) is 43.5 Å². The smallest absolute Gasteiger partial charge is 0.295 e. The lowest BCUT2D eigenvalue weighted by molar-refractivity contribution is -0.139. The van der Waals surface area contributed by atoms with E-state index in [4.69, 9.17) is 4.74 Å². The molecule has 0 aliphatic carbocycles. The van der Waals surface area contributed by atoms with Crippen molar-refractivity contribution in [1.29, 1.82) is 0 Å². The molecule has 1 amide bonds. The number of methoxy groups -OCH3 is 1. The van der Waals surface area contributed by atoms with Gasteiger partial charge in [0.1, 0.15) is 17.3 Å². The van der Waals surface area contributed by atoms with Crippen LogP contribution in [0.25, 0.3) is 16.7 Å². The van der Waals surface area contributed by atoms with Crippen molar-refractivity contribution in [3.8, 4) is 5.75 Å². The number of carbonyl (C=O) groups is 2. The first-order valence-corrected chi connectivity index (χ1v) is 11.6. The number of aliphatic hydroxyl groups is 1. The molecule has 0 spiro atoms. The lowest BCUT2D eigenvalue weighted by Crippen LogP contribution is -2.32. The molecule has 0 bridgehead atoms. The van der Waals surface area contributed by atoms with Crippen molar-refractivity contribution in [2.24, 2.45) is 0 Å². The van der Waals surface area contributed by atoms with Gasteiger partial charge >= 0.3 is 0 Å². The predicted molar refractivity (Wildman–Crippen MR) is 135 cm³/mol. The van der Waals surface area contributed by atoms with Crippen LogP contribution in [0.5, 0.6) is 5.75 Å². The van der Waals surface area contributed by atoms with E-state index in [0.717, 1.165) is 22.0 Å². The minimum absolute atomic E-state index is 0.116. The molecule has 1 unspecified atom stereocenters. The van der Waals surface area contributed by atoms with Gasteiger partial charge in [0.2, 0.25) is 0 Å². The van der Waals surface area contributed by atoms with Crippen LogP contribution in [0, 0.1) is 12.7 Å². The Labute approximate surface area is 207 Å². The lowest BCUT2D eigenvalue weighted by Gasteiger charge is -2.25. The van der Waals surface area contributed by atoms with Gasteiger partial charge in [-0.1, -0.05) is 48.0 Å². The van der Waals surface area contributed by atoms with Gasteiger partial charge < -0.3 is 19.7 Å². The highest BCUT2D eigenvalue weighted by molar-refractivity contribution is 6.46. The van der Waals surface area contributed by atoms with Crippen molar-refractivity contribution >= 4 is 28.4 Å². The molecule has 36 heavy (non-hydrogen) atoms. The summed E-state index contributed by atoms with van der Waals surface area (Å²) in [7, 11) is 1.59. The fraction of sp³-hybridized carbons (Fsp3) is 0.172. The van der Waals surface area contributed by atoms with Crippen molar-refractivity contribution in [2.45, 2.75) is 19.4 Å². The highest BCUT2D eigenvalue weighted by atomic mass is 19.1. The first kappa shape index (κ1) is 23.4. The Balaban J connectivity index is 1.56. The van der Waals surface area contributed by atoms with Crippen LogP contribution in [0.4, 0.5) is 4.39 Å². The summed E-state index contributed by atoms with van der Waals surface area (Å²) in [5.74, 6) is -1.77. The highest BCUT2D eigenvalue weighted by Crippen LogP contribution is 2.40. The molecule has 1 atom stereocenters. The Morgan fingerprint density at radius 1 is 1.08 bits per heavy atom. The summed E-state index contributed by atoms with van der Waals surface area (Å²) in [4.78, 5) is 31.0. The van der Waals surface area contributed by atoms with Gasteiger partial charge in [-0.05, 0) is 43.2 Å². The molecule has 4 aromatic rings. The van der Waals surface area contributed by atoms with Crippen LogP contribution in [0.2, 0.25) is 0 Å². The lowest BCUT2D eigenvalue weighted by atomic mass is 9.94. The number of aliphatic hydroxyl groups excluding tert-OH is 1. The molecule has 1 aromatic heterocycles. The highest BCUT2D eigenvalue weighted by Gasteiger charge is 2.46. The van der Waals surface area contributed by atoms with Crippen LogP contribution in [-0.4, -0.2) is 40.3 Å². The van der Waals surface area contributed by atoms with Gasteiger partial charge in [0, 0.05) is 34.8 Å². The van der Waals surface area contributed by atoms with Crippen LogP contribution in [0.15, 0.2) is 78.5 Å². The number of aryl methyl sites for hydroxylation is 1. The van der Waals surface area contributed by atoms with E-state index in [0.29, 0.717) is 17.7 Å². The number of amides is 1. The van der Waals surface area contributed by atoms with Crippen molar-refractivity contribution in [3.63, 3.8) is 0 Å². The summed E-state index contributed by atoms with van der Waals surface area (Å²) in [6.45, 7) is 2.06. The quantitative estimate of drug-likeness (QED) is 0.221. The molecule has 2 N–H and O–H groups in total. The summed E-state index contributed by atoms with van der Waals surface area (Å²) in [6.07, 6.45) is 2.26. The molecule has 0 saturated carbocycles. The van der Waals surface area contributed by atoms with Crippen LogP contribution in [0.3, 0.4) is 0 Å². The number of fused-ring (bicyclic) bond motifs is 1. The normalized spacial score (nSPS) is 17.2. The number of ether oxygens (including phenoxy) is 1. The number of halogens is 1. The molecular formula is C29H25FN2O4. The molecule has 0 radical (unpaired) electrons. The summed E-state index contributed by atoms with van der Waals surface area (Å²) in [5.41, 5.74) is 3.26. The number of ketones is 1. The number of hydrogen-bond acceptors (Lipinski definition) is 4. The van der Waals surface area contributed by atoms with Gasteiger partial charge in [0.05, 0.1) is 18.7 Å². The summed E-state index contributed by atoms with van der Waals surface area (Å²) in [6, 6.07) is 17.6. The zero-order valence-corrected chi connectivity index (χ0v) is 19.9. The van der Waals surface area contributed by atoms with E-state index in [1.165, 1.54) is 17.0 Å².